The summed E-state index contributed by atoms with van der Waals surface area (Å²) in [6, 6.07) is 0. The maximum atomic E-state index is 2.75. The average molecular weight is 412 g/mol. The van der Waals surface area contributed by atoms with Gasteiger partial charge in [0.25, 0.3) is 0 Å². The highest BCUT2D eigenvalue weighted by Gasteiger charge is 2.56. The van der Waals surface area contributed by atoms with E-state index in [1.165, 1.54) is 90.3 Å². The van der Waals surface area contributed by atoms with Crippen molar-refractivity contribution in [3.63, 3.8) is 0 Å². The molecule has 0 spiro atoms. The molecule has 1 heteroatoms. The summed E-state index contributed by atoms with van der Waals surface area (Å²) in [5, 5.41) is 0. The lowest BCUT2D eigenvalue weighted by Gasteiger charge is -2.58. The van der Waals surface area contributed by atoms with Gasteiger partial charge >= 0.3 is 0 Å². The summed E-state index contributed by atoms with van der Waals surface area (Å²) in [5.41, 5.74) is 4.68. The molecule has 0 bridgehead atoms. The number of nitrogens with zero attached hydrogens (tertiary/aromatic N) is 1. The number of likely N-dealkylation sites (tertiary alicyclic amines) is 1. The number of piperidine rings is 1. The first-order valence-corrected chi connectivity index (χ1v) is 13.5. The topological polar surface area (TPSA) is 3.24 Å². The zero-order valence-corrected chi connectivity index (χ0v) is 20.8. The Hall–Kier alpha value is -0.560. The van der Waals surface area contributed by atoms with E-state index >= 15 is 0 Å². The Balaban J connectivity index is 1.46. The molecule has 3 aliphatic carbocycles. The van der Waals surface area contributed by atoms with E-state index in [1.807, 2.05) is 11.1 Å². The van der Waals surface area contributed by atoms with E-state index in [1.54, 1.807) is 0 Å². The first-order valence-electron chi connectivity index (χ1n) is 13.5. The van der Waals surface area contributed by atoms with Gasteiger partial charge in [-0.2, -0.15) is 0 Å². The molecule has 1 saturated heterocycles. The van der Waals surface area contributed by atoms with Crippen molar-refractivity contribution in [3.05, 3.63) is 23.3 Å². The van der Waals surface area contributed by atoms with Gasteiger partial charge in [0.15, 0.2) is 0 Å². The third-order valence-corrected chi connectivity index (χ3v) is 10.0. The smallest absolute Gasteiger partial charge is 0.0198 e. The number of allylic oxidation sites excluding steroid dienone is 3. The highest BCUT2D eigenvalue weighted by Crippen LogP contribution is 2.65. The Morgan fingerprint density at radius 1 is 1.10 bits per heavy atom. The first-order chi connectivity index (χ1) is 14.4. The zero-order valence-electron chi connectivity index (χ0n) is 20.8. The van der Waals surface area contributed by atoms with Crippen molar-refractivity contribution < 1.29 is 0 Å². The van der Waals surface area contributed by atoms with Crippen LogP contribution in [0, 0.1) is 34.5 Å². The minimum absolute atomic E-state index is 0.497. The van der Waals surface area contributed by atoms with Crippen molar-refractivity contribution in [2.45, 2.75) is 105 Å². The second-order valence-corrected chi connectivity index (χ2v) is 12.2. The Morgan fingerprint density at radius 3 is 2.67 bits per heavy atom. The summed E-state index contributed by atoms with van der Waals surface area (Å²) in [6.45, 7) is 16.3. The van der Waals surface area contributed by atoms with E-state index < -0.39 is 0 Å². The summed E-state index contributed by atoms with van der Waals surface area (Å²) in [4.78, 5) is 2.75. The van der Waals surface area contributed by atoms with Crippen LogP contribution in [-0.2, 0) is 0 Å². The van der Waals surface area contributed by atoms with E-state index in [2.05, 4.69) is 51.7 Å². The van der Waals surface area contributed by atoms with E-state index in [4.69, 9.17) is 0 Å². The van der Waals surface area contributed by atoms with Gasteiger partial charge in [-0.05, 0) is 105 Å². The van der Waals surface area contributed by atoms with Gasteiger partial charge in [-0.1, -0.05) is 70.8 Å². The predicted molar refractivity (Wildman–Crippen MR) is 131 cm³/mol. The van der Waals surface area contributed by atoms with E-state index in [-0.39, 0.29) is 0 Å². The molecular formula is C29H49N. The molecule has 5 atom stereocenters. The average Bonchev–Trinajstić information content (AvgIpc) is 3.05. The molecule has 0 aromatic rings. The molecular weight excluding hydrogens is 362 g/mol. The summed E-state index contributed by atoms with van der Waals surface area (Å²) < 4.78 is 0. The van der Waals surface area contributed by atoms with Gasteiger partial charge in [0.1, 0.15) is 0 Å². The fourth-order valence-electron chi connectivity index (χ4n) is 8.02. The van der Waals surface area contributed by atoms with Crippen LogP contribution in [0.2, 0.25) is 0 Å². The molecule has 0 N–H and O–H groups in total. The van der Waals surface area contributed by atoms with Crippen LogP contribution in [0.3, 0.4) is 0 Å². The van der Waals surface area contributed by atoms with E-state index in [0.29, 0.717) is 10.8 Å². The number of hydrogen-bond donors (Lipinski definition) is 0. The first kappa shape index (κ1) is 22.6. The van der Waals surface area contributed by atoms with E-state index in [9.17, 15) is 0 Å². The van der Waals surface area contributed by atoms with Crippen molar-refractivity contribution in [1.82, 2.24) is 4.90 Å². The lowest BCUT2D eigenvalue weighted by atomic mass is 9.49. The maximum Gasteiger partial charge on any atom is 0.0198 e. The van der Waals surface area contributed by atoms with Gasteiger partial charge in [-0.25, -0.2) is 0 Å². The number of fused-ring (bicyclic) bond motifs is 5. The van der Waals surface area contributed by atoms with Gasteiger partial charge in [0.2, 0.25) is 0 Å². The van der Waals surface area contributed by atoms with Gasteiger partial charge < -0.3 is 0 Å². The molecule has 0 aromatic carbocycles. The minimum Gasteiger partial charge on any atom is -0.299 e. The largest absolute Gasteiger partial charge is 0.299 e. The zero-order chi connectivity index (χ0) is 21.4. The third-order valence-electron chi connectivity index (χ3n) is 10.0. The van der Waals surface area contributed by atoms with Crippen molar-refractivity contribution in [2.75, 3.05) is 19.6 Å². The monoisotopic (exact) mass is 411 g/mol. The standard InChI is InChI=1S/C29H49N/c1-6-7-19-30-20-18-29(5)24(21-30)12-14-25-26-15-13-23(11-9-8-10-22(2)3)28(26,4)17-16-27(25)29/h11-12,22,25-27H,6-10,13-21H2,1-5H3/b23-11+. The highest BCUT2D eigenvalue weighted by molar-refractivity contribution is 5.29. The van der Waals surface area contributed by atoms with Crippen LogP contribution in [0.25, 0.3) is 0 Å². The molecule has 1 nitrogen and oxygen atoms in total. The van der Waals surface area contributed by atoms with Crippen LogP contribution in [0.15, 0.2) is 23.3 Å². The molecule has 2 saturated carbocycles. The van der Waals surface area contributed by atoms with Crippen LogP contribution in [0.4, 0.5) is 0 Å². The molecule has 1 heterocycles. The molecule has 0 radical (unpaired) electrons. The van der Waals surface area contributed by atoms with Crippen LogP contribution in [0.5, 0.6) is 0 Å². The molecule has 0 aromatic heterocycles. The Labute approximate surface area is 187 Å². The van der Waals surface area contributed by atoms with Crippen molar-refractivity contribution >= 4 is 0 Å². The van der Waals surface area contributed by atoms with Crippen LogP contribution >= 0.6 is 0 Å². The quantitative estimate of drug-likeness (QED) is 0.303. The van der Waals surface area contributed by atoms with Gasteiger partial charge in [0, 0.05) is 6.54 Å². The Morgan fingerprint density at radius 2 is 1.90 bits per heavy atom. The molecule has 170 valence electrons. The number of unbranched alkanes of at least 4 members (excludes halogenated alkanes) is 2. The SMILES string of the molecule is CCCCN1CCC2(C)C(=CCC3C2CCC2(C)/C(=C/CCCC(C)C)CCC32)C1. The molecule has 4 rings (SSSR count). The van der Waals surface area contributed by atoms with Crippen molar-refractivity contribution in [2.24, 2.45) is 34.5 Å². The fraction of sp³-hybridized carbons (Fsp3) is 0.862. The van der Waals surface area contributed by atoms with Crippen molar-refractivity contribution in [1.29, 1.82) is 0 Å². The normalized spacial score (nSPS) is 40.3. The summed E-state index contributed by atoms with van der Waals surface area (Å²) in [5.74, 6) is 3.69. The Bertz CT molecular complexity index is 657. The van der Waals surface area contributed by atoms with Gasteiger partial charge in [0.05, 0.1) is 0 Å². The minimum atomic E-state index is 0.497. The Kier molecular flexibility index (Phi) is 6.88. The van der Waals surface area contributed by atoms with Crippen LogP contribution in [0.1, 0.15) is 105 Å². The molecule has 4 aliphatic rings. The second kappa shape index (κ2) is 9.13. The molecule has 5 unspecified atom stereocenters. The summed E-state index contributed by atoms with van der Waals surface area (Å²) >= 11 is 0. The van der Waals surface area contributed by atoms with E-state index in [0.717, 1.165) is 23.7 Å². The predicted octanol–water partition coefficient (Wildman–Crippen LogP) is 8.02. The summed E-state index contributed by atoms with van der Waals surface area (Å²) in [7, 11) is 0. The van der Waals surface area contributed by atoms with Crippen molar-refractivity contribution in [3.8, 4) is 0 Å². The maximum absolute atomic E-state index is 2.75. The second-order valence-electron chi connectivity index (χ2n) is 12.2. The van der Waals surface area contributed by atoms with Gasteiger partial charge in [-0.15, -0.1) is 0 Å². The third kappa shape index (κ3) is 4.10. The molecule has 3 fully saturated rings. The van der Waals surface area contributed by atoms with Crippen LogP contribution < -0.4 is 0 Å². The molecule has 30 heavy (non-hydrogen) atoms. The number of hydrogen-bond acceptors (Lipinski definition) is 1. The van der Waals surface area contributed by atoms with Crippen LogP contribution in [-0.4, -0.2) is 24.5 Å². The number of rotatable bonds is 7. The lowest BCUT2D eigenvalue weighted by molar-refractivity contribution is -0.0225. The molecule has 1 aliphatic heterocycles. The lowest BCUT2D eigenvalue weighted by Crippen LogP contribution is -2.52. The molecule has 0 amide bonds. The van der Waals surface area contributed by atoms with Gasteiger partial charge in [-0.3, -0.25) is 4.90 Å². The summed E-state index contributed by atoms with van der Waals surface area (Å²) in [6.07, 6.45) is 20.8. The fourth-order valence-corrected chi connectivity index (χ4v) is 8.02. The highest BCUT2D eigenvalue weighted by atomic mass is 15.1.